The maximum absolute atomic E-state index is 6.26. The molecule has 0 aliphatic heterocycles. The van der Waals surface area contributed by atoms with Crippen LogP contribution in [0.2, 0.25) is 10.0 Å². The van der Waals surface area contributed by atoms with Crippen LogP contribution in [0.15, 0.2) is 18.2 Å². The second-order valence-corrected chi connectivity index (χ2v) is 6.34. The average Bonchev–Trinajstić information content (AvgIpc) is 2.68. The Labute approximate surface area is 136 Å². The minimum Gasteiger partial charge on any atom is -0.310 e. The van der Waals surface area contributed by atoms with Crippen LogP contribution >= 0.6 is 23.2 Å². The highest BCUT2D eigenvalue weighted by atomic mass is 35.5. The minimum absolute atomic E-state index is 0.453. The summed E-state index contributed by atoms with van der Waals surface area (Å²) in [6.07, 6.45) is 0. The lowest BCUT2D eigenvalue weighted by atomic mass is 10.2. The highest BCUT2D eigenvalue weighted by Crippen LogP contribution is 2.26. The first kappa shape index (κ1) is 16.3. The molecule has 1 aromatic carbocycles. The monoisotopic (exact) mass is 325 g/mol. The Bertz CT molecular complexity index is 633. The molecule has 0 radical (unpaired) electrons. The smallest absolute Gasteiger partial charge is 0.0677 e. The van der Waals surface area contributed by atoms with E-state index in [-0.39, 0.29) is 0 Å². The van der Waals surface area contributed by atoms with Gasteiger partial charge in [0.25, 0.3) is 0 Å². The van der Waals surface area contributed by atoms with Crippen molar-refractivity contribution < 1.29 is 0 Å². The number of halogens is 2. The number of nitrogens with zero attached hydrogens (tertiary/aromatic N) is 2. The zero-order valence-corrected chi connectivity index (χ0v) is 14.4. The molecular formula is C16H21Cl2N3. The summed E-state index contributed by atoms with van der Waals surface area (Å²) in [4.78, 5) is 0. The van der Waals surface area contributed by atoms with Crippen molar-refractivity contribution in [2.24, 2.45) is 0 Å². The standard InChI is InChI=1S/C16H21Cl2N3/c1-10(2)19-8-14-11(3)20-21(12(14)4)9-13-6-5-7-15(17)16(13)18/h5-7,10,19H,8-9H2,1-4H3. The summed E-state index contributed by atoms with van der Waals surface area (Å²) in [5, 5.41) is 9.26. The van der Waals surface area contributed by atoms with Gasteiger partial charge in [-0.15, -0.1) is 0 Å². The molecule has 0 saturated heterocycles. The lowest BCUT2D eigenvalue weighted by Gasteiger charge is -2.10. The van der Waals surface area contributed by atoms with Crippen LogP contribution in [0.1, 0.15) is 36.4 Å². The van der Waals surface area contributed by atoms with Gasteiger partial charge in [-0.1, -0.05) is 49.2 Å². The number of rotatable bonds is 5. The SMILES string of the molecule is Cc1nn(Cc2cccc(Cl)c2Cl)c(C)c1CNC(C)C. The summed E-state index contributed by atoms with van der Waals surface area (Å²) in [5.41, 5.74) is 4.45. The first-order chi connectivity index (χ1) is 9.90. The van der Waals surface area contributed by atoms with Crippen LogP contribution in [0.5, 0.6) is 0 Å². The Hall–Kier alpha value is -1.03. The number of hydrogen-bond acceptors (Lipinski definition) is 2. The quantitative estimate of drug-likeness (QED) is 0.885. The van der Waals surface area contributed by atoms with Gasteiger partial charge in [0.15, 0.2) is 0 Å². The van der Waals surface area contributed by atoms with Crippen molar-refractivity contribution in [2.45, 2.75) is 46.8 Å². The largest absolute Gasteiger partial charge is 0.310 e. The number of nitrogens with one attached hydrogen (secondary N) is 1. The lowest BCUT2D eigenvalue weighted by molar-refractivity contribution is 0.584. The Balaban J connectivity index is 2.25. The summed E-state index contributed by atoms with van der Waals surface area (Å²) >= 11 is 12.3. The van der Waals surface area contributed by atoms with Crippen molar-refractivity contribution in [3.63, 3.8) is 0 Å². The fourth-order valence-corrected chi connectivity index (χ4v) is 2.66. The van der Waals surface area contributed by atoms with Crippen LogP contribution in [-0.4, -0.2) is 15.8 Å². The summed E-state index contributed by atoms with van der Waals surface area (Å²) in [5.74, 6) is 0. The van der Waals surface area contributed by atoms with E-state index in [9.17, 15) is 0 Å². The maximum Gasteiger partial charge on any atom is 0.0677 e. The van der Waals surface area contributed by atoms with Crippen molar-refractivity contribution >= 4 is 23.2 Å². The molecule has 114 valence electrons. The molecule has 2 rings (SSSR count). The van der Waals surface area contributed by atoms with E-state index >= 15 is 0 Å². The zero-order valence-electron chi connectivity index (χ0n) is 12.9. The fraction of sp³-hybridized carbons (Fsp3) is 0.438. The van der Waals surface area contributed by atoms with Crippen LogP contribution in [0.4, 0.5) is 0 Å². The average molecular weight is 326 g/mol. The third-order valence-electron chi connectivity index (χ3n) is 3.57. The van der Waals surface area contributed by atoms with Gasteiger partial charge < -0.3 is 5.32 Å². The molecule has 0 bridgehead atoms. The van der Waals surface area contributed by atoms with Crippen molar-refractivity contribution in [1.82, 2.24) is 15.1 Å². The van der Waals surface area contributed by atoms with Gasteiger partial charge in [0.2, 0.25) is 0 Å². The molecule has 0 amide bonds. The highest BCUT2D eigenvalue weighted by molar-refractivity contribution is 6.42. The van der Waals surface area contributed by atoms with Crippen LogP contribution in [0.25, 0.3) is 0 Å². The molecule has 0 unspecified atom stereocenters. The van der Waals surface area contributed by atoms with E-state index in [1.165, 1.54) is 5.56 Å². The summed E-state index contributed by atoms with van der Waals surface area (Å²) in [6.45, 7) is 9.88. The Morgan fingerprint density at radius 2 is 1.95 bits per heavy atom. The van der Waals surface area contributed by atoms with E-state index in [1.54, 1.807) is 6.07 Å². The molecular weight excluding hydrogens is 305 g/mol. The van der Waals surface area contributed by atoms with Crippen LogP contribution in [-0.2, 0) is 13.1 Å². The number of aryl methyl sites for hydroxylation is 1. The van der Waals surface area contributed by atoms with Crippen molar-refractivity contribution in [1.29, 1.82) is 0 Å². The van der Waals surface area contributed by atoms with Gasteiger partial charge in [-0.2, -0.15) is 5.10 Å². The van der Waals surface area contributed by atoms with Crippen molar-refractivity contribution in [2.75, 3.05) is 0 Å². The normalized spacial score (nSPS) is 11.4. The number of benzene rings is 1. The molecule has 0 aliphatic carbocycles. The van der Waals surface area contributed by atoms with Gasteiger partial charge >= 0.3 is 0 Å². The topological polar surface area (TPSA) is 29.9 Å². The fourth-order valence-electron chi connectivity index (χ4n) is 2.28. The van der Waals surface area contributed by atoms with Gasteiger partial charge in [0.1, 0.15) is 0 Å². The lowest BCUT2D eigenvalue weighted by Crippen LogP contribution is -2.22. The Kier molecular flexibility index (Phi) is 5.31. The molecule has 0 saturated carbocycles. The van der Waals surface area contributed by atoms with Crippen LogP contribution in [0.3, 0.4) is 0 Å². The van der Waals surface area contributed by atoms with Crippen molar-refractivity contribution in [3.05, 3.63) is 50.8 Å². The second-order valence-electron chi connectivity index (χ2n) is 5.56. The first-order valence-electron chi connectivity index (χ1n) is 7.09. The van der Waals surface area contributed by atoms with E-state index in [4.69, 9.17) is 23.2 Å². The third kappa shape index (κ3) is 3.79. The first-order valence-corrected chi connectivity index (χ1v) is 7.85. The second kappa shape index (κ2) is 6.82. The van der Waals surface area contributed by atoms with E-state index < -0.39 is 0 Å². The number of hydrogen-bond donors (Lipinski definition) is 1. The van der Waals surface area contributed by atoms with Gasteiger partial charge in [-0.25, -0.2) is 0 Å². The Morgan fingerprint density at radius 3 is 2.62 bits per heavy atom. The van der Waals surface area contributed by atoms with Gasteiger partial charge in [-0.05, 0) is 25.5 Å². The zero-order chi connectivity index (χ0) is 15.6. The minimum atomic E-state index is 0.453. The summed E-state index contributed by atoms with van der Waals surface area (Å²) < 4.78 is 1.99. The van der Waals surface area contributed by atoms with E-state index in [1.807, 2.05) is 23.7 Å². The number of aromatic nitrogens is 2. The van der Waals surface area contributed by atoms with E-state index in [0.717, 1.165) is 23.5 Å². The van der Waals surface area contributed by atoms with Gasteiger partial charge in [-0.3, -0.25) is 4.68 Å². The third-order valence-corrected chi connectivity index (χ3v) is 4.43. The molecule has 21 heavy (non-hydrogen) atoms. The van der Waals surface area contributed by atoms with Crippen LogP contribution < -0.4 is 5.32 Å². The van der Waals surface area contributed by atoms with Gasteiger partial charge in [0.05, 0.1) is 22.3 Å². The molecule has 0 atom stereocenters. The maximum atomic E-state index is 6.26. The van der Waals surface area contributed by atoms with E-state index in [0.29, 0.717) is 22.6 Å². The molecule has 1 heterocycles. The summed E-state index contributed by atoms with van der Waals surface area (Å²) in [6, 6.07) is 6.15. The molecule has 1 N–H and O–H groups in total. The van der Waals surface area contributed by atoms with E-state index in [2.05, 4.69) is 31.2 Å². The molecule has 0 fully saturated rings. The van der Waals surface area contributed by atoms with Crippen LogP contribution in [0, 0.1) is 13.8 Å². The molecule has 1 aromatic heterocycles. The van der Waals surface area contributed by atoms with Gasteiger partial charge in [0, 0.05) is 23.8 Å². The molecule has 0 spiro atoms. The predicted octanol–water partition coefficient (Wildman–Crippen LogP) is 4.35. The predicted molar refractivity (Wildman–Crippen MR) is 89.2 cm³/mol. The molecule has 3 nitrogen and oxygen atoms in total. The molecule has 2 aromatic rings. The highest BCUT2D eigenvalue weighted by Gasteiger charge is 2.13. The summed E-state index contributed by atoms with van der Waals surface area (Å²) in [7, 11) is 0. The Morgan fingerprint density at radius 1 is 1.24 bits per heavy atom. The molecule has 0 aliphatic rings. The molecule has 5 heteroatoms. The van der Waals surface area contributed by atoms with Crippen molar-refractivity contribution in [3.8, 4) is 0 Å².